The zero-order chi connectivity index (χ0) is 19.8. The van der Waals surface area contributed by atoms with Crippen LogP contribution >= 0.6 is 35.0 Å². The second-order valence-electron chi connectivity index (χ2n) is 6.48. The molecule has 0 radical (unpaired) electrons. The highest BCUT2D eigenvalue weighted by Gasteiger charge is 2.25. The second-order valence-corrected chi connectivity index (χ2v) is 8.31. The first-order valence-electron chi connectivity index (χ1n) is 8.75. The standard InChI is InChI=1S/C21H16Cl2N2O2S/c1-2-13-4-3-5-15-14(9-18-20(26)24-21(27)28-18)11-25(19(13)15)10-12-6-7-16(22)17(23)8-12/h3-9,11H,2,10H2,1H3,(H,24,26,27)/b18-9-. The van der Waals surface area contributed by atoms with Gasteiger partial charge in [0.05, 0.1) is 20.5 Å². The van der Waals surface area contributed by atoms with Gasteiger partial charge in [0.25, 0.3) is 11.1 Å². The molecule has 1 aromatic heterocycles. The van der Waals surface area contributed by atoms with Crippen molar-refractivity contribution in [1.82, 2.24) is 9.88 Å². The Morgan fingerprint density at radius 1 is 1.14 bits per heavy atom. The van der Waals surface area contributed by atoms with Crippen LogP contribution in [0.4, 0.5) is 4.79 Å². The van der Waals surface area contributed by atoms with Crippen molar-refractivity contribution in [3.8, 4) is 0 Å². The Morgan fingerprint density at radius 3 is 2.64 bits per heavy atom. The van der Waals surface area contributed by atoms with E-state index in [-0.39, 0.29) is 11.1 Å². The van der Waals surface area contributed by atoms with Crippen LogP contribution in [0.25, 0.3) is 17.0 Å². The Balaban J connectivity index is 1.84. The maximum atomic E-state index is 12.0. The number of aromatic nitrogens is 1. The number of hydrogen-bond donors (Lipinski definition) is 1. The van der Waals surface area contributed by atoms with E-state index >= 15 is 0 Å². The van der Waals surface area contributed by atoms with E-state index in [0.29, 0.717) is 21.5 Å². The maximum absolute atomic E-state index is 12.0. The highest BCUT2D eigenvalue weighted by atomic mass is 35.5. The normalized spacial score (nSPS) is 15.6. The lowest BCUT2D eigenvalue weighted by Gasteiger charge is -2.09. The number of aryl methyl sites for hydroxylation is 1. The predicted octanol–water partition coefficient (Wildman–Crippen LogP) is 5.88. The molecule has 2 aromatic carbocycles. The summed E-state index contributed by atoms with van der Waals surface area (Å²) >= 11 is 13.1. The SMILES string of the molecule is CCc1cccc2c(/C=C3\SC(=O)NC3=O)cn(Cc3ccc(Cl)c(Cl)c3)c12. The quantitative estimate of drug-likeness (QED) is 0.525. The molecule has 0 atom stereocenters. The lowest BCUT2D eigenvalue weighted by atomic mass is 10.1. The van der Waals surface area contributed by atoms with Crippen LogP contribution in [0.15, 0.2) is 47.5 Å². The van der Waals surface area contributed by atoms with E-state index in [1.165, 1.54) is 5.56 Å². The maximum Gasteiger partial charge on any atom is 0.290 e. The molecule has 28 heavy (non-hydrogen) atoms. The third-order valence-electron chi connectivity index (χ3n) is 4.66. The smallest absolute Gasteiger partial charge is 0.290 e. The minimum Gasteiger partial charge on any atom is -0.342 e. The van der Waals surface area contributed by atoms with Crippen LogP contribution in [0.3, 0.4) is 0 Å². The number of thioether (sulfide) groups is 1. The molecule has 1 fully saturated rings. The molecule has 1 saturated heterocycles. The van der Waals surface area contributed by atoms with Crippen LogP contribution in [-0.4, -0.2) is 15.7 Å². The lowest BCUT2D eigenvalue weighted by molar-refractivity contribution is -0.115. The van der Waals surface area contributed by atoms with Gasteiger partial charge in [0.2, 0.25) is 0 Å². The predicted molar refractivity (Wildman–Crippen MR) is 116 cm³/mol. The molecule has 1 aliphatic rings. The number of imide groups is 1. The summed E-state index contributed by atoms with van der Waals surface area (Å²) in [7, 11) is 0. The average Bonchev–Trinajstić information content (AvgIpc) is 3.18. The molecule has 0 spiro atoms. The number of para-hydroxylation sites is 1. The Morgan fingerprint density at radius 2 is 1.96 bits per heavy atom. The molecular weight excluding hydrogens is 415 g/mol. The minimum absolute atomic E-state index is 0.343. The van der Waals surface area contributed by atoms with Crippen LogP contribution in [0.1, 0.15) is 23.6 Å². The number of fused-ring (bicyclic) bond motifs is 1. The van der Waals surface area contributed by atoms with Crippen LogP contribution in [-0.2, 0) is 17.8 Å². The van der Waals surface area contributed by atoms with Crippen molar-refractivity contribution in [2.75, 3.05) is 0 Å². The van der Waals surface area contributed by atoms with Gasteiger partial charge in [0, 0.05) is 23.7 Å². The summed E-state index contributed by atoms with van der Waals surface area (Å²) in [5.41, 5.74) is 4.25. The highest BCUT2D eigenvalue weighted by Crippen LogP contribution is 2.32. The van der Waals surface area contributed by atoms with Crippen molar-refractivity contribution in [2.45, 2.75) is 19.9 Å². The number of nitrogens with one attached hydrogen (secondary N) is 1. The molecule has 3 aromatic rings. The molecule has 0 saturated carbocycles. The van der Waals surface area contributed by atoms with Gasteiger partial charge in [-0.05, 0) is 47.5 Å². The summed E-state index contributed by atoms with van der Waals surface area (Å²) in [5.74, 6) is -0.355. The molecule has 0 bridgehead atoms. The topological polar surface area (TPSA) is 51.1 Å². The van der Waals surface area contributed by atoms with Crippen molar-refractivity contribution >= 4 is 63.1 Å². The van der Waals surface area contributed by atoms with Crippen LogP contribution in [0, 0.1) is 0 Å². The molecule has 1 aliphatic heterocycles. The number of rotatable bonds is 4. The lowest BCUT2D eigenvalue weighted by Crippen LogP contribution is -2.17. The highest BCUT2D eigenvalue weighted by molar-refractivity contribution is 8.18. The molecule has 0 unspecified atom stereocenters. The molecule has 142 valence electrons. The number of nitrogens with zero attached hydrogens (tertiary/aromatic N) is 1. The summed E-state index contributed by atoms with van der Waals surface area (Å²) in [6.07, 6.45) is 4.67. The average molecular weight is 431 g/mol. The fourth-order valence-corrected chi connectivity index (χ4v) is 4.38. The molecule has 4 nitrogen and oxygen atoms in total. The van der Waals surface area contributed by atoms with E-state index in [9.17, 15) is 9.59 Å². The number of carbonyl (C=O) groups excluding carboxylic acids is 2. The van der Waals surface area contributed by atoms with E-state index < -0.39 is 0 Å². The van der Waals surface area contributed by atoms with E-state index in [0.717, 1.165) is 40.2 Å². The Kier molecular flexibility index (Phi) is 5.23. The van der Waals surface area contributed by atoms with Crippen LogP contribution in [0.5, 0.6) is 0 Å². The van der Waals surface area contributed by atoms with Gasteiger partial charge in [-0.3, -0.25) is 14.9 Å². The first-order chi connectivity index (χ1) is 13.5. The van der Waals surface area contributed by atoms with Gasteiger partial charge in [-0.1, -0.05) is 54.4 Å². The molecule has 7 heteroatoms. The largest absolute Gasteiger partial charge is 0.342 e. The van der Waals surface area contributed by atoms with Crippen LogP contribution in [0.2, 0.25) is 10.0 Å². The first-order valence-corrected chi connectivity index (χ1v) is 10.3. The number of benzene rings is 2. The Labute approximate surface area is 176 Å². The third-order valence-corrected chi connectivity index (χ3v) is 6.21. The fraction of sp³-hybridized carbons (Fsp3) is 0.143. The summed E-state index contributed by atoms with van der Waals surface area (Å²) < 4.78 is 2.15. The van der Waals surface area contributed by atoms with Gasteiger partial charge in [0.15, 0.2) is 0 Å². The van der Waals surface area contributed by atoms with Gasteiger partial charge >= 0.3 is 0 Å². The van der Waals surface area contributed by atoms with Crippen molar-refractivity contribution < 1.29 is 9.59 Å². The molecule has 1 N–H and O–H groups in total. The zero-order valence-corrected chi connectivity index (χ0v) is 17.3. The molecule has 4 rings (SSSR count). The monoisotopic (exact) mass is 430 g/mol. The van der Waals surface area contributed by atoms with E-state index in [2.05, 4.69) is 22.9 Å². The van der Waals surface area contributed by atoms with Crippen molar-refractivity contribution in [3.63, 3.8) is 0 Å². The van der Waals surface area contributed by atoms with Crippen molar-refractivity contribution in [2.24, 2.45) is 0 Å². The summed E-state index contributed by atoms with van der Waals surface area (Å²) in [6.45, 7) is 2.73. The number of carbonyl (C=O) groups is 2. The number of halogens is 2. The molecule has 2 heterocycles. The Bertz CT molecular complexity index is 1150. The molecule has 2 amide bonds. The summed E-state index contributed by atoms with van der Waals surface area (Å²) in [5, 5.41) is 4.04. The van der Waals surface area contributed by atoms with Crippen molar-refractivity contribution in [3.05, 3.63) is 74.2 Å². The zero-order valence-electron chi connectivity index (χ0n) is 15.0. The van der Waals surface area contributed by atoms with Gasteiger partial charge in [-0.2, -0.15) is 0 Å². The van der Waals surface area contributed by atoms with E-state index in [4.69, 9.17) is 23.2 Å². The first kappa shape index (κ1) is 19.1. The van der Waals surface area contributed by atoms with E-state index in [1.807, 2.05) is 30.5 Å². The van der Waals surface area contributed by atoms with Gasteiger partial charge in [0.1, 0.15) is 0 Å². The van der Waals surface area contributed by atoms with Gasteiger partial charge < -0.3 is 4.57 Å². The Hall–Kier alpha value is -2.21. The third kappa shape index (κ3) is 3.58. The number of hydrogen-bond acceptors (Lipinski definition) is 3. The van der Waals surface area contributed by atoms with Gasteiger partial charge in [-0.25, -0.2) is 0 Å². The second kappa shape index (κ2) is 7.66. The number of amides is 2. The van der Waals surface area contributed by atoms with Crippen LogP contribution < -0.4 is 5.32 Å². The summed E-state index contributed by atoms with van der Waals surface area (Å²) in [6, 6.07) is 11.8. The fourth-order valence-electron chi connectivity index (χ4n) is 3.39. The minimum atomic E-state index is -0.355. The molecular formula is C21H16Cl2N2O2S. The van der Waals surface area contributed by atoms with Crippen molar-refractivity contribution in [1.29, 1.82) is 0 Å². The molecule has 0 aliphatic carbocycles. The van der Waals surface area contributed by atoms with E-state index in [1.54, 1.807) is 12.1 Å². The summed E-state index contributed by atoms with van der Waals surface area (Å²) in [4.78, 5) is 23.8. The van der Waals surface area contributed by atoms with Gasteiger partial charge in [-0.15, -0.1) is 0 Å².